The van der Waals surface area contributed by atoms with Gasteiger partial charge < -0.3 is 29.2 Å². The molecule has 0 aromatic heterocycles. The molecule has 13 heteroatoms. The van der Waals surface area contributed by atoms with Crippen LogP contribution < -0.4 is 10.6 Å². The van der Waals surface area contributed by atoms with Crippen LogP contribution in [0.1, 0.15) is 13.8 Å². The van der Waals surface area contributed by atoms with Gasteiger partial charge in [-0.05, 0) is 12.2 Å². The zero-order valence-electron chi connectivity index (χ0n) is 18.3. The van der Waals surface area contributed by atoms with Crippen molar-refractivity contribution in [3.05, 3.63) is 37.1 Å². The van der Waals surface area contributed by atoms with Gasteiger partial charge in [0.1, 0.15) is 12.0 Å². The zero-order valence-corrected chi connectivity index (χ0v) is 19.2. The number of methoxy groups -OCH3 is 2. The van der Waals surface area contributed by atoms with Crippen LogP contribution in [-0.2, 0) is 47.1 Å². The quantitative estimate of drug-likeness (QED) is 0.164. The van der Waals surface area contributed by atoms with E-state index in [4.69, 9.17) is 4.79 Å². The van der Waals surface area contributed by atoms with Crippen LogP contribution in [0.4, 0.5) is 0 Å². The molecule has 0 heterocycles. The first-order chi connectivity index (χ1) is 14.4. The van der Waals surface area contributed by atoms with E-state index < -0.39 is 31.2 Å². The van der Waals surface area contributed by atoms with E-state index in [1.807, 2.05) is 0 Å². The monoisotopic (exact) mass is 464 g/mol. The van der Waals surface area contributed by atoms with E-state index in [0.29, 0.717) is 6.29 Å². The van der Waals surface area contributed by atoms with Crippen molar-refractivity contribution in [2.75, 3.05) is 28.4 Å². The maximum atomic E-state index is 11.8. The standard InChI is InChI=1S/C8H11NO3.C7H14NO6P.C3H4O/c1-4-5-7(8(11)12-3)9-6(2)10;1-5(9)8-6(7(10)12-2)15(11,13-3)14-4;1-2-3-4/h4-5H,1H2,2-3H3,(H,9,10);6H,1-4H3,(H,8,9);2-3H,1H2/b7-5-;;. The van der Waals surface area contributed by atoms with Crippen molar-refractivity contribution in [1.82, 2.24) is 10.6 Å². The molecule has 2 amide bonds. The lowest BCUT2D eigenvalue weighted by Crippen LogP contribution is -2.40. The number of ether oxygens (including phenoxy) is 2. The molecule has 0 aromatic carbocycles. The van der Waals surface area contributed by atoms with Crippen LogP contribution in [0.5, 0.6) is 0 Å². The highest BCUT2D eigenvalue weighted by Crippen LogP contribution is 2.50. The van der Waals surface area contributed by atoms with Crippen molar-refractivity contribution >= 4 is 37.6 Å². The van der Waals surface area contributed by atoms with Gasteiger partial charge >= 0.3 is 19.5 Å². The molecule has 31 heavy (non-hydrogen) atoms. The molecule has 0 radical (unpaired) electrons. The van der Waals surface area contributed by atoms with Crippen LogP contribution in [0.25, 0.3) is 0 Å². The van der Waals surface area contributed by atoms with E-state index in [2.05, 4.69) is 42.3 Å². The maximum absolute atomic E-state index is 11.8. The Kier molecular flexibility index (Phi) is 19.9. The number of aldehydes is 1. The average molecular weight is 464 g/mol. The van der Waals surface area contributed by atoms with Crippen molar-refractivity contribution in [1.29, 1.82) is 0 Å². The lowest BCUT2D eigenvalue weighted by molar-refractivity contribution is -0.142. The summed E-state index contributed by atoms with van der Waals surface area (Å²) in [6.45, 7) is 8.98. The molecular formula is C18H29N2O10P. The Labute approximate surface area is 181 Å². The van der Waals surface area contributed by atoms with Gasteiger partial charge in [0.05, 0.1) is 14.2 Å². The molecule has 12 nitrogen and oxygen atoms in total. The number of hydrogen-bond donors (Lipinski definition) is 2. The van der Waals surface area contributed by atoms with Crippen molar-refractivity contribution < 1.29 is 47.1 Å². The van der Waals surface area contributed by atoms with E-state index >= 15 is 0 Å². The first-order valence-electron chi connectivity index (χ1n) is 8.25. The molecule has 0 aliphatic rings. The van der Waals surface area contributed by atoms with Crippen molar-refractivity contribution in [2.24, 2.45) is 0 Å². The third-order valence-electron chi connectivity index (χ3n) is 2.69. The summed E-state index contributed by atoms with van der Waals surface area (Å²) in [6, 6.07) is 0. The molecule has 0 saturated heterocycles. The topological polar surface area (TPSA) is 163 Å². The van der Waals surface area contributed by atoms with Gasteiger partial charge in [0, 0.05) is 28.1 Å². The van der Waals surface area contributed by atoms with Gasteiger partial charge in [-0.15, -0.1) is 0 Å². The van der Waals surface area contributed by atoms with Crippen LogP contribution in [0.15, 0.2) is 37.1 Å². The second-order valence-corrected chi connectivity index (χ2v) is 7.22. The van der Waals surface area contributed by atoms with E-state index in [1.54, 1.807) is 0 Å². The van der Waals surface area contributed by atoms with Crippen LogP contribution in [0, 0.1) is 0 Å². The predicted octanol–water partition coefficient (Wildman–Crippen LogP) is 0.844. The normalized spacial score (nSPS) is 11.0. The van der Waals surface area contributed by atoms with E-state index in [9.17, 15) is 23.7 Å². The highest BCUT2D eigenvalue weighted by molar-refractivity contribution is 7.55. The molecule has 1 atom stereocenters. The Morgan fingerprint density at radius 2 is 1.39 bits per heavy atom. The Morgan fingerprint density at radius 1 is 0.903 bits per heavy atom. The summed E-state index contributed by atoms with van der Waals surface area (Å²) < 4.78 is 29.8. The number of allylic oxidation sites excluding steroid dienone is 3. The van der Waals surface area contributed by atoms with Crippen LogP contribution in [0.2, 0.25) is 0 Å². The predicted molar refractivity (Wildman–Crippen MR) is 112 cm³/mol. The first kappa shape index (κ1) is 32.6. The number of hydrogen-bond acceptors (Lipinski definition) is 10. The number of amides is 2. The lowest BCUT2D eigenvalue weighted by atomic mass is 10.4. The van der Waals surface area contributed by atoms with Gasteiger partial charge in [0.25, 0.3) is 0 Å². The average Bonchev–Trinajstić information content (AvgIpc) is 2.75. The van der Waals surface area contributed by atoms with Gasteiger partial charge in [-0.25, -0.2) is 9.59 Å². The summed E-state index contributed by atoms with van der Waals surface area (Å²) >= 11 is 0. The third kappa shape index (κ3) is 15.4. The van der Waals surface area contributed by atoms with Gasteiger partial charge in [-0.1, -0.05) is 19.2 Å². The first-order valence-corrected chi connectivity index (χ1v) is 9.86. The molecule has 2 N–H and O–H groups in total. The van der Waals surface area contributed by atoms with Gasteiger partial charge in [-0.2, -0.15) is 0 Å². The summed E-state index contributed by atoms with van der Waals surface area (Å²) in [4.78, 5) is 52.5. The lowest BCUT2D eigenvalue weighted by Gasteiger charge is -2.22. The fourth-order valence-corrected chi connectivity index (χ4v) is 2.71. The largest absolute Gasteiger partial charge is 0.467 e. The molecule has 1 unspecified atom stereocenters. The van der Waals surface area contributed by atoms with Crippen molar-refractivity contribution in [3.63, 3.8) is 0 Å². The smallest absolute Gasteiger partial charge is 0.363 e. The van der Waals surface area contributed by atoms with Crippen molar-refractivity contribution in [3.8, 4) is 0 Å². The summed E-state index contributed by atoms with van der Waals surface area (Å²) in [5.41, 5.74) is 0.0833. The number of nitrogens with one attached hydrogen (secondary N) is 2. The molecule has 0 saturated carbocycles. The number of esters is 2. The molecule has 0 aromatic rings. The van der Waals surface area contributed by atoms with Crippen LogP contribution in [-0.4, -0.2) is 64.3 Å². The second-order valence-electron chi connectivity index (χ2n) is 4.89. The van der Waals surface area contributed by atoms with Gasteiger partial charge in [0.2, 0.25) is 17.6 Å². The van der Waals surface area contributed by atoms with E-state index in [-0.39, 0.29) is 11.6 Å². The Bertz CT molecular complexity index is 704. The molecule has 0 bridgehead atoms. The Hall–Kier alpha value is -3.08. The second kappa shape index (κ2) is 18.9. The summed E-state index contributed by atoms with van der Waals surface area (Å²) in [6.07, 6.45) is 4.59. The molecule has 0 fully saturated rings. The fraction of sp³-hybridized carbons (Fsp3) is 0.389. The zero-order chi connectivity index (χ0) is 25.0. The minimum absolute atomic E-state index is 0.0833. The number of carbonyl (C=O) groups is 5. The Morgan fingerprint density at radius 3 is 1.65 bits per heavy atom. The third-order valence-corrected chi connectivity index (χ3v) is 4.68. The fourth-order valence-electron chi connectivity index (χ4n) is 1.43. The van der Waals surface area contributed by atoms with Crippen LogP contribution in [0.3, 0.4) is 0 Å². The minimum atomic E-state index is -3.72. The summed E-state index contributed by atoms with van der Waals surface area (Å²) in [7, 11) is 0.843. The van der Waals surface area contributed by atoms with Crippen molar-refractivity contribution in [2.45, 2.75) is 19.6 Å². The highest BCUT2D eigenvalue weighted by atomic mass is 31.2. The molecular weight excluding hydrogens is 435 g/mol. The molecule has 0 spiro atoms. The minimum Gasteiger partial charge on any atom is -0.467 e. The Balaban J connectivity index is -0.000000438. The highest BCUT2D eigenvalue weighted by Gasteiger charge is 2.41. The summed E-state index contributed by atoms with van der Waals surface area (Å²) in [5, 5.41) is 4.45. The molecule has 0 aliphatic heterocycles. The molecule has 0 rings (SSSR count). The SMILES string of the molecule is C=C/C=C(\NC(C)=O)C(=O)OC.C=CC=O.COC(=O)C(NC(C)=O)P(=O)(OC)OC. The number of rotatable bonds is 9. The van der Waals surface area contributed by atoms with E-state index in [1.165, 1.54) is 39.2 Å². The van der Waals surface area contributed by atoms with E-state index in [0.717, 1.165) is 21.3 Å². The van der Waals surface area contributed by atoms with Gasteiger partial charge in [-0.3, -0.25) is 18.9 Å². The number of carbonyl (C=O) groups excluding carboxylic acids is 5. The summed E-state index contributed by atoms with van der Waals surface area (Å²) in [5.74, 6) is -3.80. The maximum Gasteiger partial charge on any atom is 0.363 e. The van der Waals surface area contributed by atoms with Crippen LogP contribution >= 0.6 is 7.60 Å². The molecule has 0 aliphatic carbocycles. The van der Waals surface area contributed by atoms with Gasteiger partial charge in [0.15, 0.2) is 0 Å². The molecule has 176 valence electrons.